The molecule has 0 unspecified atom stereocenters. The van der Waals surface area contributed by atoms with Crippen LogP contribution in [-0.4, -0.2) is 27.8 Å². The maximum atomic E-state index is 13.0. The van der Waals surface area contributed by atoms with E-state index in [1.54, 1.807) is 54.6 Å². The van der Waals surface area contributed by atoms with Gasteiger partial charge in [-0.1, -0.05) is 48.0 Å². The Kier molecular flexibility index (Phi) is 5.69. The zero-order chi connectivity index (χ0) is 26.2. The van der Waals surface area contributed by atoms with E-state index < -0.39 is 6.03 Å². The molecule has 0 radical (unpaired) electrons. The molecule has 38 heavy (non-hydrogen) atoms. The molecule has 0 aliphatic heterocycles. The summed E-state index contributed by atoms with van der Waals surface area (Å²) in [5.41, 5.74) is 4.89. The minimum atomic E-state index is -0.398. The van der Waals surface area contributed by atoms with Gasteiger partial charge in [-0.3, -0.25) is 20.0 Å². The van der Waals surface area contributed by atoms with Crippen molar-refractivity contribution in [1.82, 2.24) is 10.2 Å². The van der Waals surface area contributed by atoms with E-state index in [2.05, 4.69) is 20.8 Å². The number of ketones is 2. The van der Waals surface area contributed by atoms with Crippen molar-refractivity contribution in [2.75, 3.05) is 10.6 Å². The number of urea groups is 1. The number of carbonyl (C=O) groups is 3. The quantitative estimate of drug-likeness (QED) is 0.273. The highest BCUT2D eigenvalue weighted by molar-refractivity contribution is 6.28. The van der Waals surface area contributed by atoms with Gasteiger partial charge in [0.05, 0.1) is 5.52 Å². The number of benzene rings is 4. The Balaban J connectivity index is 1.14. The van der Waals surface area contributed by atoms with Gasteiger partial charge in [-0.15, -0.1) is 0 Å². The van der Waals surface area contributed by atoms with Crippen LogP contribution in [0.15, 0.2) is 84.9 Å². The first-order chi connectivity index (χ1) is 18.5. The molecule has 6 rings (SSSR count). The topological polar surface area (TPSA) is 113 Å². The Morgan fingerprint density at radius 3 is 2.29 bits per heavy atom. The summed E-state index contributed by atoms with van der Waals surface area (Å²) in [7, 11) is 0. The molecule has 3 N–H and O–H groups in total. The summed E-state index contributed by atoms with van der Waals surface area (Å²) in [5, 5.41) is 13.4. The molecular weight excluding hydrogens is 480 g/mol. The second-order valence-electron chi connectivity index (χ2n) is 9.10. The lowest BCUT2D eigenvalue weighted by atomic mass is 9.83. The van der Waals surface area contributed by atoms with Crippen LogP contribution in [-0.2, 0) is 6.61 Å². The summed E-state index contributed by atoms with van der Waals surface area (Å²) in [5.74, 6) is 0.670. The summed E-state index contributed by atoms with van der Waals surface area (Å²) < 4.78 is 5.96. The molecule has 4 aromatic carbocycles. The van der Waals surface area contributed by atoms with Crippen molar-refractivity contribution in [1.29, 1.82) is 0 Å². The normalized spacial score (nSPS) is 12.1. The SMILES string of the molecule is Cc1ccc(NC(=O)Nc2n[nH]c3cc(OCc4ccc5c(c4)C(=O)c4ccccc4C5=O)ccc23)cc1. The number of aromatic nitrogens is 2. The van der Waals surface area contributed by atoms with Crippen LogP contribution < -0.4 is 15.4 Å². The summed E-state index contributed by atoms with van der Waals surface area (Å²) >= 11 is 0. The number of amides is 2. The number of anilines is 2. The predicted octanol–water partition coefficient (Wildman–Crippen LogP) is 5.87. The van der Waals surface area contributed by atoms with Crippen LogP contribution in [0.5, 0.6) is 5.75 Å². The highest BCUT2D eigenvalue weighted by Gasteiger charge is 2.29. The number of hydrogen-bond donors (Lipinski definition) is 3. The number of rotatable bonds is 5. The minimum Gasteiger partial charge on any atom is -0.489 e. The van der Waals surface area contributed by atoms with E-state index in [0.29, 0.717) is 45.0 Å². The summed E-state index contributed by atoms with van der Waals surface area (Å²) in [6, 6.07) is 24.5. The van der Waals surface area contributed by atoms with Gasteiger partial charge < -0.3 is 10.1 Å². The molecule has 2 amide bonds. The van der Waals surface area contributed by atoms with Crippen LogP contribution in [0.1, 0.15) is 43.0 Å². The number of nitrogens with zero attached hydrogens (tertiary/aromatic N) is 1. The molecule has 1 aliphatic rings. The van der Waals surface area contributed by atoms with Gasteiger partial charge in [0.25, 0.3) is 0 Å². The van der Waals surface area contributed by atoms with Crippen molar-refractivity contribution in [2.45, 2.75) is 13.5 Å². The number of carbonyl (C=O) groups excluding carboxylic acids is 3. The number of nitrogens with one attached hydrogen (secondary N) is 3. The number of hydrogen-bond acceptors (Lipinski definition) is 5. The fraction of sp³-hybridized carbons (Fsp3) is 0.0667. The summed E-state index contributed by atoms with van der Waals surface area (Å²) in [6.07, 6.45) is 0. The Labute approximate surface area is 217 Å². The standard InChI is InChI=1S/C30H22N4O4/c1-17-6-9-19(10-7-17)31-30(37)32-29-24-13-11-20(15-26(24)33-34-29)38-16-18-8-12-23-25(14-18)28(36)22-5-3-2-4-21(22)27(23)35/h2-15H,16H2,1H3,(H3,31,32,33,34,37). The third-order valence-electron chi connectivity index (χ3n) is 6.47. The first-order valence-corrected chi connectivity index (χ1v) is 12.0. The maximum Gasteiger partial charge on any atom is 0.324 e. The van der Waals surface area contributed by atoms with Crippen molar-refractivity contribution >= 4 is 40.0 Å². The van der Waals surface area contributed by atoms with Crippen molar-refractivity contribution in [3.05, 3.63) is 118 Å². The average molecular weight is 503 g/mol. The molecule has 0 bridgehead atoms. The van der Waals surface area contributed by atoms with Gasteiger partial charge in [0.2, 0.25) is 0 Å². The molecule has 1 aliphatic carbocycles. The second-order valence-corrected chi connectivity index (χ2v) is 9.10. The molecule has 0 atom stereocenters. The monoisotopic (exact) mass is 502 g/mol. The molecule has 0 saturated heterocycles. The number of aryl methyl sites for hydroxylation is 1. The third-order valence-corrected chi connectivity index (χ3v) is 6.47. The fourth-order valence-electron chi connectivity index (χ4n) is 4.49. The lowest BCUT2D eigenvalue weighted by molar-refractivity contribution is 0.0979. The highest BCUT2D eigenvalue weighted by Crippen LogP contribution is 2.29. The third kappa shape index (κ3) is 4.28. The van der Waals surface area contributed by atoms with Gasteiger partial charge in [0.1, 0.15) is 12.4 Å². The minimum absolute atomic E-state index is 0.149. The first-order valence-electron chi connectivity index (χ1n) is 12.0. The Bertz CT molecular complexity index is 1740. The van der Waals surface area contributed by atoms with Gasteiger partial charge in [-0.05, 0) is 48.9 Å². The van der Waals surface area contributed by atoms with E-state index in [-0.39, 0.29) is 18.2 Å². The molecule has 1 aromatic heterocycles. The largest absolute Gasteiger partial charge is 0.489 e. The number of ether oxygens (including phenoxy) is 1. The van der Waals surface area contributed by atoms with E-state index in [1.807, 2.05) is 37.3 Å². The zero-order valence-electron chi connectivity index (χ0n) is 20.4. The van der Waals surface area contributed by atoms with Crippen molar-refractivity contribution in [3.8, 4) is 5.75 Å². The van der Waals surface area contributed by atoms with Gasteiger partial charge in [0, 0.05) is 39.4 Å². The van der Waals surface area contributed by atoms with E-state index in [0.717, 1.165) is 16.5 Å². The number of aromatic amines is 1. The van der Waals surface area contributed by atoms with Gasteiger partial charge in [-0.2, -0.15) is 5.10 Å². The Hall–Kier alpha value is -5.24. The summed E-state index contributed by atoms with van der Waals surface area (Å²) in [4.78, 5) is 38.2. The maximum absolute atomic E-state index is 13.0. The van der Waals surface area contributed by atoms with Crippen LogP contribution in [0.3, 0.4) is 0 Å². The number of fused-ring (bicyclic) bond motifs is 3. The molecule has 8 heteroatoms. The molecule has 186 valence electrons. The molecule has 0 fully saturated rings. The van der Waals surface area contributed by atoms with Crippen LogP contribution in [0.2, 0.25) is 0 Å². The first kappa shape index (κ1) is 23.2. The van der Waals surface area contributed by atoms with Gasteiger partial charge >= 0.3 is 6.03 Å². The highest BCUT2D eigenvalue weighted by atomic mass is 16.5. The summed E-state index contributed by atoms with van der Waals surface area (Å²) in [6.45, 7) is 2.19. The lowest BCUT2D eigenvalue weighted by Crippen LogP contribution is -2.21. The zero-order valence-corrected chi connectivity index (χ0v) is 20.4. The van der Waals surface area contributed by atoms with Crippen molar-refractivity contribution in [3.63, 3.8) is 0 Å². The fourth-order valence-corrected chi connectivity index (χ4v) is 4.49. The van der Waals surface area contributed by atoms with Crippen LogP contribution in [0.25, 0.3) is 10.9 Å². The average Bonchev–Trinajstić information content (AvgIpc) is 3.33. The van der Waals surface area contributed by atoms with Crippen LogP contribution in [0, 0.1) is 6.92 Å². The van der Waals surface area contributed by atoms with E-state index in [1.165, 1.54) is 0 Å². The molecule has 0 saturated carbocycles. The molecule has 8 nitrogen and oxygen atoms in total. The van der Waals surface area contributed by atoms with Crippen LogP contribution >= 0.6 is 0 Å². The second kappa shape index (κ2) is 9.33. The van der Waals surface area contributed by atoms with E-state index in [4.69, 9.17) is 4.74 Å². The van der Waals surface area contributed by atoms with Crippen molar-refractivity contribution in [2.24, 2.45) is 0 Å². The Morgan fingerprint density at radius 1 is 0.816 bits per heavy atom. The predicted molar refractivity (Wildman–Crippen MR) is 144 cm³/mol. The van der Waals surface area contributed by atoms with E-state index in [9.17, 15) is 14.4 Å². The number of H-pyrrole nitrogens is 1. The lowest BCUT2D eigenvalue weighted by Gasteiger charge is -2.18. The Morgan fingerprint density at radius 2 is 1.53 bits per heavy atom. The molecule has 5 aromatic rings. The van der Waals surface area contributed by atoms with Gasteiger partial charge in [-0.25, -0.2) is 4.79 Å². The molecule has 1 heterocycles. The van der Waals surface area contributed by atoms with E-state index >= 15 is 0 Å². The smallest absolute Gasteiger partial charge is 0.324 e. The molecular formula is C30H22N4O4. The van der Waals surface area contributed by atoms with Crippen LogP contribution in [0.4, 0.5) is 16.3 Å². The van der Waals surface area contributed by atoms with Gasteiger partial charge in [0.15, 0.2) is 17.4 Å². The molecule has 0 spiro atoms. The van der Waals surface area contributed by atoms with Crippen molar-refractivity contribution < 1.29 is 19.1 Å².